The van der Waals surface area contributed by atoms with E-state index in [0.29, 0.717) is 51.0 Å². The lowest BCUT2D eigenvalue weighted by Gasteiger charge is -2.32. The Bertz CT molecular complexity index is 2640. The van der Waals surface area contributed by atoms with E-state index in [1.165, 1.54) is 18.4 Å². The van der Waals surface area contributed by atoms with E-state index < -0.39 is 59.8 Å². The van der Waals surface area contributed by atoms with E-state index in [1.807, 2.05) is 30.3 Å². The number of nitrogens with zero attached hydrogens (tertiary/aromatic N) is 4. The summed E-state index contributed by atoms with van der Waals surface area (Å²) in [6, 6.07) is 17.4. The molecule has 1 aromatic heterocycles. The van der Waals surface area contributed by atoms with Crippen molar-refractivity contribution in [3.8, 4) is 45.8 Å². The first-order valence-corrected chi connectivity index (χ1v) is 25.1. The first-order chi connectivity index (χ1) is 35.1. The van der Waals surface area contributed by atoms with Crippen LogP contribution in [0.25, 0.3) is 22.5 Å². The molecule has 2 heterocycles. The van der Waals surface area contributed by atoms with Crippen molar-refractivity contribution in [3.05, 3.63) is 88.7 Å². The molecule has 388 valence electrons. The van der Waals surface area contributed by atoms with Crippen LogP contribution in [-0.2, 0) is 30.4 Å². The number of ketones is 3. The standard InChI is InChI=1S/C55H68N8O10/c1-33-27-47(67)52(38-15-19-49(72-26-23-58)43(30-38)42-28-36(12-18-48(42)71-25-22-57)29-44(62-54(33)69)45(65)11-8-21-56)63(4)55(70)39(20-24-59-50(68)32-64)31-46(66)51-34(2)60-53(61-35(51)3)37-13-16-41(17-14-37)73-40-9-6-5-7-10-40/h12-19,28,30,33,39-40,44,52,64H,5-11,20,22-27,29,31-32,57-58H2,1-4H3,(H,59,68)(H,62,69)/t33-,39-,44+,52+/m1/s1. The Kier molecular flexibility index (Phi) is 20.1. The Morgan fingerprint density at radius 2 is 1.55 bits per heavy atom. The van der Waals surface area contributed by atoms with Crippen LogP contribution in [0.4, 0.5) is 0 Å². The fraction of sp³-hybridized carbons (Fsp3) is 0.473. The van der Waals surface area contributed by atoms with Gasteiger partial charge in [0.05, 0.1) is 35.2 Å². The van der Waals surface area contributed by atoms with Crippen LogP contribution < -0.4 is 36.3 Å². The van der Waals surface area contributed by atoms with Gasteiger partial charge in [-0.2, -0.15) is 5.26 Å². The van der Waals surface area contributed by atoms with Gasteiger partial charge in [0, 0.05) is 80.9 Å². The van der Waals surface area contributed by atoms with Gasteiger partial charge in [-0.15, -0.1) is 0 Å². The van der Waals surface area contributed by atoms with Crippen LogP contribution in [0.15, 0.2) is 60.7 Å². The Morgan fingerprint density at radius 1 is 0.904 bits per heavy atom. The Labute approximate surface area is 426 Å². The normalized spacial score (nSPS) is 17.5. The van der Waals surface area contributed by atoms with Crippen molar-refractivity contribution in [2.45, 2.75) is 110 Å². The molecule has 0 unspecified atom stereocenters. The summed E-state index contributed by atoms with van der Waals surface area (Å²) in [7, 11) is 1.45. The number of benzene rings is 3. The summed E-state index contributed by atoms with van der Waals surface area (Å²) in [5.74, 6) is -3.35. The van der Waals surface area contributed by atoms with Gasteiger partial charge in [0.15, 0.2) is 23.2 Å². The summed E-state index contributed by atoms with van der Waals surface area (Å²) >= 11 is 0. The van der Waals surface area contributed by atoms with E-state index in [9.17, 15) is 34.3 Å². The lowest BCUT2D eigenvalue weighted by Crippen LogP contribution is -2.46. The number of rotatable bonds is 21. The predicted molar refractivity (Wildman–Crippen MR) is 272 cm³/mol. The Balaban J connectivity index is 1.38. The number of Topliss-reactive ketones (excluding diaryl/α,β-unsaturated/α-hetero) is 3. The number of hydrogen-bond donors (Lipinski definition) is 5. The molecule has 6 rings (SSSR count). The van der Waals surface area contributed by atoms with Crippen LogP contribution in [0.2, 0.25) is 0 Å². The molecular weight excluding hydrogens is 933 g/mol. The lowest BCUT2D eigenvalue weighted by molar-refractivity contribution is -0.142. The van der Waals surface area contributed by atoms with Crippen molar-refractivity contribution in [1.29, 1.82) is 5.26 Å². The zero-order valence-electron chi connectivity index (χ0n) is 42.2. The van der Waals surface area contributed by atoms with Crippen molar-refractivity contribution in [1.82, 2.24) is 25.5 Å². The average Bonchev–Trinajstić information content (AvgIpc) is 3.38. The number of carbonyl (C=O) groups is 6. The molecule has 1 aliphatic heterocycles. The van der Waals surface area contributed by atoms with Crippen molar-refractivity contribution in [3.63, 3.8) is 0 Å². The number of aliphatic hydroxyl groups excluding tert-OH is 1. The highest BCUT2D eigenvalue weighted by Gasteiger charge is 2.37. The fourth-order valence-corrected chi connectivity index (χ4v) is 9.51. The van der Waals surface area contributed by atoms with Crippen LogP contribution in [0.1, 0.15) is 110 Å². The van der Waals surface area contributed by atoms with Crippen LogP contribution in [-0.4, -0.2) is 114 Å². The first-order valence-electron chi connectivity index (χ1n) is 25.1. The van der Waals surface area contributed by atoms with Crippen molar-refractivity contribution >= 4 is 35.1 Å². The Morgan fingerprint density at radius 3 is 2.18 bits per heavy atom. The molecule has 4 bridgehead atoms. The van der Waals surface area contributed by atoms with Gasteiger partial charge < -0.3 is 46.3 Å². The first kappa shape index (κ1) is 55.2. The topological polar surface area (TPSA) is 279 Å². The molecule has 1 aliphatic carbocycles. The van der Waals surface area contributed by atoms with Gasteiger partial charge in [-0.05, 0) is 112 Å². The maximum atomic E-state index is 15.1. The van der Waals surface area contributed by atoms with Crippen LogP contribution in [0, 0.1) is 37.0 Å². The van der Waals surface area contributed by atoms with Crippen LogP contribution in [0.3, 0.4) is 0 Å². The third-order valence-corrected chi connectivity index (χ3v) is 13.3. The van der Waals surface area contributed by atoms with Gasteiger partial charge in [0.25, 0.3) is 0 Å². The molecule has 18 nitrogen and oxygen atoms in total. The second-order valence-electron chi connectivity index (χ2n) is 18.8. The molecule has 4 atom stereocenters. The molecule has 3 amide bonds. The molecule has 73 heavy (non-hydrogen) atoms. The number of fused-ring (bicyclic) bond motifs is 5. The summed E-state index contributed by atoms with van der Waals surface area (Å²) in [6.45, 7) is 4.72. The number of carbonyl (C=O) groups excluding carboxylic acids is 6. The minimum atomic E-state index is -1.34. The number of likely N-dealkylation sites (N-methyl/N-ethyl adjacent to an activating group) is 1. The number of aliphatic hydroxyl groups is 1. The second-order valence-corrected chi connectivity index (χ2v) is 18.8. The molecule has 1 saturated carbocycles. The maximum absolute atomic E-state index is 15.1. The summed E-state index contributed by atoms with van der Waals surface area (Å²) in [5, 5.41) is 24.2. The summed E-state index contributed by atoms with van der Waals surface area (Å²) in [4.78, 5) is 94.9. The molecule has 4 aromatic rings. The maximum Gasteiger partial charge on any atom is 0.245 e. The molecule has 0 radical (unpaired) electrons. The number of amides is 3. The summed E-state index contributed by atoms with van der Waals surface area (Å²) in [6.07, 6.45) is 4.89. The van der Waals surface area contributed by atoms with E-state index in [1.54, 1.807) is 57.2 Å². The van der Waals surface area contributed by atoms with E-state index >= 15 is 4.79 Å². The highest BCUT2D eigenvalue weighted by Crippen LogP contribution is 2.41. The molecule has 0 spiro atoms. The van der Waals surface area contributed by atoms with E-state index in [0.717, 1.165) is 37.0 Å². The quantitative estimate of drug-likeness (QED) is 0.0670. The van der Waals surface area contributed by atoms with Crippen molar-refractivity contribution < 1.29 is 48.1 Å². The fourth-order valence-electron chi connectivity index (χ4n) is 9.51. The third-order valence-electron chi connectivity index (χ3n) is 13.3. The summed E-state index contributed by atoms with van der Waals surface area (Å²) in [5.41, 5.74) is 15.5. The number of hydrogen-bond acceptors (Lipinski definition) is 15. The minimum Gasteiger partial charge on any atom is -0.492 e. The zero-order chi connectivity index (χ0) is 52.6. The van der Waals surface area contributed by atoms with Crippen LogP contribution in [0.5, 0.6) is 17.2 Å². The molecule has 7 N–H and O–H groups in total. The molecule has 18 heteroatoms. The van der Waals surface area contributed by atoms with Gasteiger partial charge in [0.2, 0.25) is 17.7 Å². The van der Waals surface area contributed by atoms with E-state index in [-0.39, 0.29) is 88.8 Å². The highest BCUT2D eigenvalue weighted by atomic mass is 16.5. The number of nitriles is 1. The predicted octanol–water partition coefficient (Wildman–Crippen LogP) is 5.21. The molecule has 3 aromatic carbocycles. The van der Waals surface area contributed by atoms with Crippen molar-refractivity contribution in [2.75, 3.05) is 46.5 Å². The largest absolute Gasteiger partial charge is 0.492 e. The highest BCUT2D eigenvalue weighted by molar-refractivity contribution is 6.01. The monoisotopic (exact) mass is 1000 g/mol. The number of ether oxygens (including phenoxy) is 3. The lowest BCUT2D eigenvalue weighted by atomic mass is 9.88. The molecule has 1 fully saturated rings. The van der Waals surface area contributed by atoms with Gasteiger partial charge in [-0.1, -0.05) is 25.5 Å². The number of nitrogens with one attached hydrogen (secondary N) is 2. The molecule has 2 aliphatic rings. The SMILES string of the molecule is Cc1nc(-c2ccc(OC3CCCCC3)cc2)nc(C)c1C(=O)C[C@@H](CCNC(=O)CO)C(=O)N(C)[C@@H]1C(=O)C[C@@H](C)C(=O)N[C@H](C(=O)CCC#N)Cc2ccc(OCCN)c(c2)-c2cc1ccc2OCCN. The van der Waals surface area contributed by atoms with E-state index in [2.05, 4.69) is 10.6 Å². The minimum absolute atomic E-state index is 0.0559. The number of nitrogens with two attached hydrogens (primary N) is 2. The smallest absolute Gasteiger partial charge is 0.245 e. The average molecular weight is 1000 g/mol. The summed E-state index contributed by atoms with van der Waals surface area (Å²) < 4.78 is 18.5. The molecule has 0 saturated heterocycles. The van der Waals surface area contributed by atoms with Crippen LogP contribution >= 0.6 is 0 Å². The zero-order valence-corrected chi connectivity index (χ0v) is 42.2. The van der Waals surface area contributed by atoms with Gasteiger partial charge in [-0.3, -0.25) is 28.8 Å². The van der Waals surface area contributed by atoms with Crippen molar-refractivity contribution in [2.24, 2.45) is 23.3 Å². The Hall–Kier alpha value is -7.07. The molecular formula is C55H68N8O10. The second kappa shape index (κ2) is 26.6. The number of aromatic nitrogens is 2. The van der Waals surface area contributed by atoms with Gasteiger partial charge >= 0.3 is 0 Å². The van der Waals surface area contributed by atoms with E-state index in [4.69, 9.17) is 35.6 Å². The third kappa shape index (κ3) is 14.6. The van der Waals surface area contributed by atoms with Gasteiger partial charge in [0.1, 0.15) is 43.1 Å². The van der Waals surface area contributed by atoms with Gasteiger partial charge in [-0.25, -0.2) is 9.97 Å². The number of aryl methyl sites for hydroxylation is 2.